The first-order valence-corrected chi connectivity index (χ1v) is 4.79. The Morgan fingerprint density at radius 2 is 1.69 bits per heavy atom. The van der Waals surface area contributed by atoms with Crippen molar-refractivity contribution in [2.24, 2.45) is 0 Å². The van der Waals surface area contributed by atoms with Gasteiger partial charge in [-0.1, -0.05) is 6.08 Å². The summed E-state index contributed by atoms with van der Waals surface area (Å²) < 4.78 is 4.59. The van der Waals surface area contributed by atoms with Crippen LogP contribution < -0.4 is 0 Å². The van der Waals surface area contributed by atoms with E-state index < -0.39 is 17.9 Å². The zero-order valence-electron chi connectivity index (χ0n) is 9.23. The summed E-state index contributed by atoms with van der Waals surface area (Å²) in [6.07, 6.45) is 2.24. The van der Waals surface area contributed by atoms with Crippen LogP contribution in [-0.2, 0) is 28.9 Å². The second-order valence-corrected chi connectivity index (χ2v) is 2.66. The summed E-state index contributed by atoms with van der Waals surface area (Å²) in [5.74, 6) is -2.09. The van der Waals surface area contributed by atoms with Crippen molar-refractivity contribution in [3.05, 3.63) is 12.2 Å². The Balaban J connectivity index is 3.67. The quantitative estimate of drug-likeness (QED) is 0.302. The Morgan fingerprint density at radius 3 is 2.25 bits per heavy atom. The van der Waals surface area contributed by atoms with Gasteiger partial charge in [0.15, 0.2) is 0 Å². The molecule has 0 aliphatic rings. The average molecular weight is 230 g/mol. The van der Waals surface area contributed by atoms with Crippen LogP contribution in [0.3, 0.4) is 0 Å². The lowest BCUT2D eigenvalue weighted by molar-refractivity contribution is -0.255. The molecule has 0 aromatic rings. The smallest absolute Gasteiger partial charge is 0.378 e. The highest BCUT2D eigenvalue weighted by Crippen LogP contribution is 1.97. The number of hydrogen-bond acceptors (Lipinski definition) is 6. The third kappa shape index (κ3) is 7.54. The topological polar surface area (TPSA) is 78.9 Å². The van der Waals surface area contributed by atoms with Crippen molar-refractivity contribution >= 4 is 17.9 Å². The van der Waals surface area contributed by atoms with E-state index in [9.17, 15) is 14.4 Å². The molecule has 0 aliphatic heterocycles. The minimum absolute atomic E-state index is 0.103. The molecule has 0 fully saturated rings. The first-order chi connectivity index (χ1) is 7.60. The Hall–Kier alpha value is -1.85. The number of esters is 1. The van der Waals surface area contributed by atoms with Crippen LogP contribution in [0.15, 0.2) is 12.2 Å². The molecule has 0 bridgehead atoms. The molecule has 0 atom stereocenters. The lowest BCUT2D eigenvalue weighted by Gasteiger charge is -2.01. The van der Waals surface area contributed by atoms with Gasteiger partial charge in [0.05, 0.1) is 19.4 Å². The summed E-state index contributed by atoms with van der Waals surface area (Å²) >= 11 is 0. The van der Waals surface area contributed by atoms with Gasteiger partial charge in [-0.3, -0.25) is 4.79 Å². The van der Waals surface area contributed by atoms with E-state index in [1.54, 1.807) is 13.8 Å². The van der Waals surface area contributed by atoms with E-state index in [0.29, 0.717) is 0 Å². The molecule has 0 aromatic carbocycles. The fraction of sp³-hybridized carbons (Fsp3) is 0.500. The van der Waals surface area contributed by atoms with Crippen molar-refractivity contribution in [3.8, 4) is 0 Å². The summed E-state index contributed by atoms with van der Waals surface area (Å²) in [5, 5.41) is 0. The maximum Gasteiger partial charge on any atom is 0.378 e. The maximum absolute atomic E-state index is 10.9. The Bertz CT molecular complexity index is 281. The molecule has 0 N–H and O–H groups in total. The highest BCUT2D eigenvalue weighted by atomic mass is 17.2. The van der Waals surface area contributed by atoms with Crippen molar-refractivity contribution in [1.29, 1.82) is 0 Å². The Labute approximate surface area is 93.1 Å². The third-order valence-electron chi connectivity index (χ3n) is 1.36. The van der Waals surface area contributed by atoms with Gasteiger partial charge in [0.1, 0.15) is 0 Å². The molecule has 0 amide bonds. The predicted molar refractivity (Wildman–Crippen MR) is 52.9 cm³/mol. The number of carbonyl (C=O) groups excluding carboxylic acids is 3. The highest BCUT2D eigenvalue weighted by Gasteiger charge is 2.11. The molecule has 90 valence electrons. The van der Waals surface area contributed by atoms with Gasteiger partial charge in [0.25, 0.3) is 0 Å². The van der Waals surface area contributed by atoms with Gasteiger partial charge in [0, 0.05) is 6.08 Å². The van der Waals surface area contributed by atoms with Crippen LogP contribution in [0, 0.1) is 0 Å². The Morgan fingerprint density at radius 1 is 1.06 bits per heavy atom. The molecule has 0 spiro atoms. The second kappa shape index (κ2) is 8.46. The number of allylic oxidation sites excluding steroid dienone is 1. The van der Waals surface area contributed by atoms with Crippen LogP contribution in [0.5, 0.6) is 0 Å². The monoisotopic (exact) mass is 230 g/mol. The van der Waals surface area contributed by atoms with Crippen molar-refractivity contribution in [2.45, 2.75) is 26.7 Å². The minimum atomic E-state index is -0.800. The first-order valence-electron chi connectivity index (χ1n) is 4.79. The SMILES string of the molecule is CC=CC(=O)OOC(=O)CCC(=O)OCC. The normalized spacial score (nSPS) is 9.88. The van der Waals surface area contributed by atoms with Gasteiger partial charge in [0.2, 0.25) is 0 Å². The summed E-state index contributed by atoms with van der Waals surface area (Å²) in [5.41, 5.74) is 0. The van der Waals surface area contributed by atoms with Gasteiger partial charge in [-0.05, 0) is 13.8 Å². The van der Waals surface area contributed by atoms with Crippen LogP contribution in [0.2, 0.25) is 0 Å². The molecular weight excluding hydrogens is 216 g/mol. The van der Waals surface area contributed by atoms with Gasteiger partial charge in [-0.15, -0.1) is 0 Å². The van der Waals surface area contributed by atoms with Gasteiger partial charge in [-0.25, -0.2) is 19.4 Å². The number of ether oxygens (including phenoxy) is 1. The van der Waals surface area contributed by atoms with Crippen LogP contribution in [-0.4, -0.2) is 24.5 Å². The summed E-state index contributed by atoms with van der Waals surface area (Å²) in [7, 11) is 0. The second-order valence-electron chi connectivity index (χ2n) is 2.66. The average Bonchev–Trinajstić information content (AvgIpc) is 2.24. The molecule has 6 heteroatoms. The van der Waals surface area contributed by atoms with E-state index >= 15 is 0 Å². The van der Waals surface area contributed by atoms with Crippen LogP contribution in [0.1, 0.15) is 26.7 Å². The highest BCUT2D eigenvalue weighted by molar-refractivity contribution is 5.82. The fourth-order valence-electron chi connectivity index (χ4n) is 0.730. The molecule has 0 saturated heterocycles. The van der Waals surface area contributed by atoms with E-state index in [2.05, 4.69) is 14.5 Å². The van der Waals surface area contributed by atoms with Crippen molar-refractivity contribution in [3.63, 3.8) is 0 Å². The number of rotatable bonds is 5. The zero-order chi connectivity index (χ0) is 12.4. The lowest BCUT2D eigenvalue weighted by Crippen LogP contribution is -2.12. The predicted octanol–water partition coefficient (Wildman–Crippen LogP) is 0.907. The molecule has 0 unspecified atom stereocenters. The van der Waals surface area contributed by atoms with E-state index in [1.807, 2.05) is 0 Å². The zero-order valence-corrected chi connectivity index (χ0v) is 9.23. The molecule has 0 rings (SSSR count). The van der Waals surface area contributed by atoms with Gasteiger partial charge in [-0.2, -0.15) is 0 Å². The standard InChI is InChI=1S/C10H14O6/c1-3-5-9(12)15-16-10(13)7-6-8(11)14-4-2/h3,5H,4,6-7H2,1-2H3. The molecule has 0 saturated carbocycles. The minimum Gasteiger partial charge on any atom is -0.466 e. The summed E-state index contributed by atoms with van der Waals surface area (Å²) in [6.45, 7) is 3.53. The number of carbonyl (C=O) groups is 3. The van der Waals surface area contributed by atoms with E-state index in [1.165, 1.54) is 6.08 Å². The molecular formula is C10H14O6. The first kappa shape index (κ1) is 14.2. The molecule has 0 aliphatic carbocycles. The van der Waals surface area contributed by atoms with Crippen LogP contribution >= 0.6 is 0 Å². The van der Waals surface area contributed by atoms with Crippen LogP contribution in [0.4, 0.5) is 0 Å². The maximum atomic E-state index is 10.9. The van der Waals surface area contributed by atoms with E-state index in [0.717, 1.165) is 6.08 Å². The van der Waals surface area contributed by atoms with Crippen molar-refractivity contribution in [1.82, 2.24) is 0 Å². The van der Waals surface area contributed by atoms with Gasteiger partial charge < -0.3 is 4.74 Å². The van der Waals surface area contributed by atoms with Crippen molar-refractivity contribution < 1.29 is 28.9 Å². The van der Waals surface area contributed by atoms with E-state index in [4.69, 9.17) is 0 Å². The molecule has 0 aromatic heterocycles. The molecule has 0 radical (unpaired) electrons. The van der Waals surface area contributed by atoms with E-state index in [-0.39, 0.29) is 19.4 Å². The summed E-state index contributed by atoms with van der Waals surface area (Å²) in [4.78, 5) is 40.7. The fourth-order valence-corrected chi connectivity index (χ4v) is 0.730. The molecule has 6 nitrogen and oxygen atoms in total. The number of hydrogen-bond donors (Lipinski definition) is 0. The molecule has 0 heterocycles. The summed E-state index contributed by atoms with van der Waals surface area (Å²) in [6, 6.07) is 0. The van der Waals surface area contributed by atoms with Gasteiger partial charge >= 0.3 is 17.9 Å². The lowest BCUT2D eigenvalue weighted by atomic mass is 10.3. The van der Waals surface area contributed by atoms with Crippen LogP contribution in [0.25, 0.3) is 0 Å². The van der Waals surface area contributed by atoms with Crippen molar-refractivity contribution in [2.75, 3.05) is 6.61 Å². The third-order valence-corrected chi connectivity index (χ3v) is 1.36. The largest absolute Gasteiger partial charge is 0.466 e. The Kier molecular flexibility index (Phi) is 7.48. The molecule has 16 heavy (non-hydrogen) atoms.